The van der Waals surface area contributed by atoms with Crippen molar-refractivity contribution in [3.8, 4) is 10.8 Å². The topological polar surface area (TPSA) is 76.3 Å². The van der Waals surface area contributed by atoms with Gasteiger partial charge in [-0.3, -0.25) is 0 Å². The van der Waals surface area contributed by atoms with Crippen molar-refractivity contribution < 1.29 is 12.8 Å². The van der Waals surface area contributed by atoms with E-state index in [2.05, 4.69) is 10.2 Å². The molecule has 0 aliphatic heterocycles. The van der Waals surface area contributed by atoms with Gasteiger partial charge in [0.1, 0.15) is 0 Å². The molecule has 4 rings (SSSR count). The number of fused-ring (bicyclic) bond motifs is 1. The van der Waals surface area contributed by atoms with E-state index in [0.29, 0.717) is 18.9 Å². The fraction of sp³-hybridized carbons (Fsp3) is 0.200. The number of hydrogen-bond acceptors (Lipinski definition) is 6. The second-order valence-corrected chi connectivity index (χ2v) is 9.21. The highest BCUT2D eigenvalue weighted by Gasteiger charge is 2.26. The maximum Gasteiger partial charge on any atom is 0.257 e. The quantitative estimate of drug-likeness (QED) is 0.444. The Morgan fingerprint density at radius 1 is 1.04 bits per heavy atom. The van der Waals surface area contributed by atoms with E-state index in [1.54, 1.807) is 12.1 Å². The van der Waals surface area contributed by atoms with E-state index in [4.69, 9.17) is 4.42 Å². The molecule has 0 amide bonds. The van der Waals surface area contributed by atoms with Crippen LogP contribution < -0.4 is 0 Å². The molecule has 0 unspecified atom stereocenters. The molecule has 0 saturated heterocycles. The largest absolute Gasteiger partial charge is 0.418 e. The summed E-state index contributed by atoms with van der Waals surface area (Å²) in [5, 5.41) is 11.9. The van der Waals surface area contributed by atoms with Crippen LogP contribution in [-0.4, -0.2) is 29.5 Å². The van der Waals surface area contributed by atoms with E-state index in [1.807, 2.05) is 54.8 Å². The lowest BCUT2D eigenvalue weighted by Gasteiger charge is -2.20. The van der Waals surface area contributed by atoms with Crippen LogP contribution in [0.15, 0.2) is 69.3 Å². The van der Waals surface area contributed by atoms with E-state index in [0.717, 1.165) is 15.6 Å². The molecule has 0 aliphatic carbocycles. The first-order chi connectivity index (χ1) is 13.6. The third-order valence-corrected chi connectivity index (χ3v) is 7.04. The van der Waals surface area contributed by atoms with E-state index in [9.17, 15) is 8.42 Å². The van der Waals surface area contributed by atoms with Crippen molar-refractivity contribution in [1.82, 2.24) is 14.5 Å². The third-order valence-electron chi connectivity index (χ3n) is 4.34. The summed E-state index contributed by atoms with van der Waals surface area (Å²) < 4.78 is 33.6. The molecule has 28 heavy (non-hydrogen) atoms. The first-order valence-corrected chi connectivity index (χ1v) is 11.2. The van der Waals surface area contributed by atoms with Gasteiger partial charge < -0.3 is 4.42 Å². The second-order valence-electron chi connectivity index (χ2n) is 6.33. The van der Waals surface area contributed by atoms with Crippen LogP contribution in [0.1, 0.15) is 19.2 Å². The van der Waals surface area contributed by atoms with Gasteiger partial charge in [-0.1, -0.05) is 43.3 Å². The number of rotatable bonds is 7. The molecule has 0 bridgehead atoms. The van der Waals surface area contributed by atoms with Gasteiger partial charge in [-0.2, -0.15) is 4.31 Å². The maximum atomic E-state index is 13.2. The van der Waals surface area contributed by atoms with Crippen molar-refractivity contribution >= 4 is 32.1 Å². The lowest BCUT2D eigenvalue weighted by molar-refractivity contribution is 0.357. The number of nitrogens with zero attached hydrogens (tertiary/aromatic N) is 3. The highest BCUT2D eigenvalue weighted by atomic mass is 32.2. The predicted octanol–water partition coefficient (Wildman–Crippen LogP) is 4.55. The minimum atomic E-state index is -3.69. The number of hydrogen-bond donors (Lipinski definition) is 0. The Bertz CT molecular complexity index is 1180. The zero-order valence-electron chi connectivity index (χ0n) is 15.3. The molecule has 0 atom stereocenters. The van der Waals surface area contributed by atoms with Crippen LogP contribution in [0.2, 0.25) is 0 Å². The van der Waals surface area contributed by atoms with Gasteiger partial charge in [0.25, 0.3) is 5.89 Å². The number of thiophene rings is 1. The van der Waals surface area contributed by atoms with Crippen LogP contribution in [0.3, 0.4) is 0 Å². The molecule has 0 saturated carbocycles. The summed E-state index contributed by atoms with van der Waals surface area (Å²) in [5.41, 5.74) is 0. The van der Waals surface area contributed by atoms with Gasteiger partial charge in [0.2, 0.25) is 15.9 Å². The standard InChI is InChI=1S/C20H19N3O3S2/c1-2-11-23(14-19-21-22-20(26-19)18-8-5-12-27-18)28(24,25)17-10-9-15-6-3-4-7-16(15)13-17/h3-10,12-13H,2,11,14H2,1H3. The Balaban J connectivity index is 1.64. The lowest BCUT2D eigenvalue weighted by atomic mass is 10.1. The van der Waals surface area contributed by atoms with Crippen LogP contribution in [-0.2, 0) is 16.6 Å². The normalized spacial score (nSPS) is 12.1. The smallest absolute Gasteiger partial charge is 0.257 e. The summed E-state index contributed by atoms with van der Waals surface area (Å²) in [6, 6.07) is 16.7. The Morgan fingerprint density at radius 3 is 2.61 bits per heavy atom. The lowest BCUT2D eigenvalue weighted by Crippen LogP contribution is -2.31. The Labute approximate surface area is 167 Å². The van der Waals surface area contributed by atoms with Crippen molar-refractivity contribution in [2.75, 3.05) is 6.54 Å². The Morgan fingerprint density at radius 2 is 1.86 bits per heavy atom. The van der Waals surface area contributed by atoms with Gasteiger partial charge in [0.15, 0.2) is 0 Å². The molecule has 8 heteroatoms. The van der Waals surface area contributed by atoms with E-state index >= 15 is 0 Å². The van der Waals surface area contributed by atoms with Crippen LogP contribution in [0.4, 0.5) is 0 Å². The molecule has 2 heterocycles. The summed E-state index contributed by atoms with van der Waals surface area (Å²) in [6.45, 7) is 2.35. The van der Waals surface area contributed by atoms with Crippen molar-refractivity contribution in [2.24, 2.45) is 0 Å². The SMILES string of the molecule is CCCN(Cc1nnc(-c2cccs2)o1)S(=O)(=O)c1ccc2ccccc2c1. The van der Waals surface area contributed by atoms with Gasteiger partial charge in [0, 0.05) is 6.54 Å². The van der Waals surface area contributed by atoms with Gasteiger partial charge in [-0.25, -0.2) is 8.42 Å². The van der Waals surface area contributed by atoms with Crippen molar-refractivity contribution in [1.29, 1.82) is 0 Å². The predicted molar refractivity (Wildman–Crippen MR) is 109 cm³/mol. The van der Waals surface area contributed by atoms with Crippen LogP contribution >= 0.6 is 11.3 Å². The van der Waals surface area contributed by atoms with Crippen molar-refractivity contribution in [3.63, 3.8) is 0 Å². The monoisotopic (exact) mass is 413 g/mol. The van der Waals surface area contributed by atoms with Crippen LogP contribution in [0.25, 0.3) is 21.5 Å². The molecular formula is C20H19N3O3S2. The fourth-order valence-corrected chi connectivity index (χ4v) is 5.14. The number of benzene rings is 2. The fourth-order valence-electron chi connectivity index (χ4n) is 2.98. The Kier molecular flexibility index (Phi) is 5.25. The van der Waals surface area contributed by atoms with E-state index in [1.165, 1.54) is 15.6 Å². The molecule has 2 aromatic carbocycles. The highest BCUT2D eigenvalue weighted by Crippen LogP contribution is 2.26. The molecule has 0 fully saturated rings. The zero-order valence-corrected chi connectivity index (χ0v) is 16.9. The summed E-state index contributed by atoms with van der Waals surface area (Å²) >= 11 is 1.49. The summed E-state index contributed by atoms with van der Waals surface area (Å²) in [7, 11) is -3.69. The van der Waals surface area contributed by atoms with Crippen LogP contribution in [0.5, 0.6) is 0 Å². The Hall–Kier alpha value is -2.55. The number of aromatic nitrogens is 2. The van der Waals surface area contributed by atoms with E-state index in [-0.39, 0.29) is 17.3 Å². The molecular weight excluding hydrogens is 394 g/mol. The molecule has 0 N–H and O–H groups in total. The first kappa shape index (κ1) is 18.8. The molecule has 0 radical (unpaired) electrons. The average molecular weight is 414 g/mol. The molecule has 6 nitrogen and oxygen atoms in total. The summed E-state index contributed by atoms with van der Waals surface area (Å²) in [5.74, 6) is 0.686. The van der Waals surface area contributed by atoms with Gasteiger partial charge in [-0.05, 0) is 40.8 Å². The van der Waals surface area contributed by atoms with E-state index < -0.39 is 10.0 Å². The third kappa shape index (κ3) is 3.71. The minimum Gasteiger partial charge on any atom is -0.418 e. The average Bonchev–Trinajstić information content (AvgIpc) is 3.39. The zero-order chi connectivity index (χ0) is 19.6. The van der Waals surface area contributed by atoms with Gasteiger partial charge >= 0.3 is 0 Å². The summed E-state index contributed by atoms with van der Waals surface area (Å²) in [4.78, 5) is 1.12. The minimum absolute atomic E-state index is 0.0430. The molecule has 0 aliphatic rings. The molecule has 144 valence electrons. The maximum absolute atomic E-state index is 13.2. The second kappa shape index (κ2) is 7.83. The van der Waals surface area contributed by atoms with Crippen molar-refractivity contribution in [2.45, 2.75) is 24.8 Å². The highest BCUT2D eigenvalue weighted by molar-refractivity contribution is 7.89. The van der Waals surface area contributed by atoms with Gasteiger partial charge in [0.05, 0.1) is 16.3 Å². The first-order valence-electron chi connectivity index (χ1n) is 8.93. The van der Waals surface area contributed by atoms with Crippen molar-refractivity contribution in [3.05, 3.63) is 65.9 Å². The van der Waals surface area contributed by atoms with Crippen LogP contribution in [0, 0.1) is 0 Å². The number of sulfonamides is 1. The summed E-state index contributed by atoms with van der Waals surface area (Å²) in [6.07, 6.45) is 0.679. The molecule has 2 aromatic heterocycles. The van der Waals surface area contributed by atoms with Gasteiger partial charge in [-0.15, -0.1) is 21.5 Å². The molecule has 4 aromatic rings. The molecule has 0 spiro atoms.